The monoisotopic (exact) mass is 202 g/mol. The second-order valence-corrected chi connectivity index (χ2v) is 4.20. The molecular weight excluding hydrogens is 192 g/mol. The second kappa shape index (κ2) is 3.27. The normalized spacial score (nSPS) is 11.3. The quantitative estimate of drug-likeness (QED) is 0.677. The molecule has 1 aromatic rings. The van der Waals surface area contributed by atoms with Gasteiger partial charge in [0.25, 0.3) is 10.0 Å². The van der Waals surface area contributed by atoms with Gasteiger partial charge in [-0.25, -0.2) is 13.6 Å². The Morgan fingerprint density at radius 2 is 2.08 bits per heavy atom. The van der Waals surface area contributed by atoms with Crippen LogP contribution in [0.3, 0.4) is 0 Å². The molecule has 7 heteroatoms. The largest absolute Gasteiger partial charge is 0.376 e. The van der Waals surface area contributed by atoms with Gasteiger partial charge in [0.2, 0.25) is 0 Å². The summed E-state index contributed by atoms with van der Waals surface area (Å²) in [6.07, 6.45) is 1.45. The summed E-state index contributed by atoms with van der Waals surface area (Å²) in [5.74, 6) is 0. The van der Waals surface area contributed by atoms with E-state index in [9.17, 15) is 8.42 Å². The predicted molar refractivity (Wildman–Crippen MR) is 47.7 cm³/mol. The highest BCUT2D eigenvalue weighted by Crippen LogP contribution is 2.11. The van der Waals surface area contributed by atoms with Crippen molar-refractivity contribution < 1.29 is 8.42 Å². The van der Waals surface area contributed by atoms with Gasteiger partial charge in [0, 0.05) is 20.2 Å². The molecule has 0 atom stereocenters. The molecule has 0 saturated heterocycles. The first-order chi connectivity index (χ1) is 5.91. The summed E-state index contributed by atoms with van der Waals surface area (Å²) < 4.78 is 21.7. The number of nitrogens with two attached hydrogens (primary N) is 1. The fourth-order valence-corrected chi connectivity index (χ4v) is 1.17. The van der Waals surface area contributed by atoms with Crippen molar-refractivity contribution in [1.29, 1.82) is 0 Å². The fourth-order valence-electron chi connectivity index (χ4n) is 0.721. The Balaban J connectivity index is 3.21. The Morgan fingerprint density at radius 3 is 2.54 bits per heavy atom. The van der Waals surface area contributed by atoms with Crippen molar-refractivity contribution in [1.82, 2.24) is 10.2 Å². The van der Waals surface area contributed by atoms with Gasteiger partial charge in [-0.3, -0.25) is 0 Å². The second-order valence-electron chi connectivity index (χ2n) is 2.69. The summed E-state index contributed by atoms with van der Waals surface area (Å²) in [7, 11) is -0.224. The minimum Gasteiger partial charge on any atom is -0.376 e. The molecule has 1 rings (SSSR count). The Hall–Kier alpha value is -1.21. The van der Waals surface area contributed by atoms with Crippen molar-refractivity contribution in [2.75, 3.05) is 19.0 Å². The minimum atomic E-state index is -3.76. The Kier molecular flexibility index (Phi) is 2.48. The molecule has 13 heavy (non-hydrogen) atoms. The number of hydrogen-bond donors (Lipinski definition) is 1. The van der Waals surface area contributed by atoms with Crippen LogP contribution in [0.4, 0.5) is 5.69 Å². The third-order valence-corrected chi connectivity index (χ3v) is 2.21. The van der Waals surface area contributed by atoms with Gasteiger partial charge in [0.1, 0.15) is 0 Å². The van der Waals surface area contributed by atoms with Crippen molar-refractivity contribution in [2.45, 2.75) is 5.03 Å². The molecule has 0 unspecified atom stereocenters. The topological polar surface area (TPSA) is 89.2 Å². The maximum atomic E-state index is 10.9. The third-order valence-electron chi connectivity index (χ3n) is 1.43. The van der Waals surface area contributed by atoms with Crippen LogP contribution < -0.4 is 10.0 Å². The number of nitrogens with zero attached hydrogens (tertiary/aromatic N) is 3. The number of aromatic nitrogens is 2. The van der Waals surface area contributed by atoms with Gasteiger partial charge in [0.15, 0.2) is 5.03 Å². The van der Waals surface area contributed by atoms with Crippen LogP contribution in [0.5, 0.6) is 0 Å². The van der Waals surface area contributed by atoms with Crippen LogP contribution in [-0.4, -0.2) is 32.7 Å². The highest BCUT2D eigenvalue weighted by molar-refractivity contribution is 7.89. The van der Waals surface area contributed by atoms with E-state index in [-0.39, 0.29) is 5.03 Å². The van der Waals surface area contributed by atoms with Gasteiger partial charge in [-0.15, -0.1) is 5.10 Å². The van der Waals surface area contributed by atoms with E-state index < -0.39 is 10.0 Å². The molecule has 0 aliphatic rings. The number of sulfonamides is 1. The standard InChI is InChI=1S/C6H10N4O2S/c1-10(2)5-3-6(9-8-4-5)13(7,11)12/h3-4H,1-2H3,(H2,7,11,12). The van der Waals surface area contributed by atoms with Crippen molar-refractivity contribution in [3.63, 3.8) is 0 Å². The summed E-state index contributed by atoms with van der Waals surface area (Å²) in [6.45, 7) is 0. The molecule has 1 aromatic heterocycles. The van der Waals surface area contributed by atoms with Crippen molar-refractivity contribution in [2.24, 2.45) is 5.14 Å². The summed E-state index contributed by atoms with van der Waals surface area (Å²) >= 11 is 0. The van der Waals surface area contributed by atoms with Gasteiger partial charge in [-0.05, 0) is 0 Å². The lowest BCUT2D eigenvalue weighted by molar-refractivity contribution is 0.592. The molecule has 0 aliphatic carbocycles. The van der Waals surface area contributed by atoms with E-state index in [1.807, 2.05) is 0 Å². The van der Waals surface area contributed by atoms with E-state index in [2.05, 4.69) is 10.2 Å². The molecule has 6 nitrogen and oxygen atoms in total. The van der Waals surface area contributed by atoms with Crippen LogP contribution in [-0.2, 0) is 10.0 Å². The van der Waals surface area contributed by atoms with Crippen LogP contribution in [0.15, 0.2) is 17.3 Å². The zero-order valence-corrected chi connectivity index (χ0v) is 8.11. The van der Waals surface area contributed by atoms with E-state index in [1.54, 1.807) is 19.0 Å². The third kappa shape index (κ3) is 2.36. The molecule has 0 saturated carbocycles. The maximum absolute atomic E-state index is 10.9. The number of anilines is 1. The van der Waals surface area contributed by atoms with Gasteiger partial charge in [0.05, 0.1) is 11.9 Å². The summed E-state index contributed by atoms with van der Waals surface area (Å²) in [4.78, 5) is 1.71. The zero-order valence-electron chi connectivity index (χ0n) is 7.30. The highest BCUT2D eigenvalue weighted by atomic mass is 32.2. The van der Waals surface area contributed by atoms with E-state index in [0.717, 1.165) is 0 Å². The molecule has 0 radical (unpaired) electrons. The lowest BCUT2D eigenvalue weighted by atomic mass is 10.4. The van der Waals surface area contributed by atoms with E-state index >= 15 is 0 Å². The van der Waals surface area contributed by atoms with Crippen LogP contribution in [0, 0.1) is 0 Å². The van der Waals surface area contributed by atoms with Crippen LogP contribution in [0.25, 0.3) is 0 Å². The van der Waals surface area contributed by atoms with Crippen molar-refractivity contribution in [3.05, 3.63) is 12.3 Å². The molecule has 0 aromatic carbocycles. The predicted octanol–water partition coefficient (Wildman–Crippen LogP) is -0.810. The van der Waals surface area contributed by atoms with Gasteiger partial charge in [-0.2, -0.15) is 5.10 Å². The minimum absolute atomic E-state index is 0.223. The highest BCUT2D eigenvalue weighted by Gasteiger charge is 2.11. The molecule has 0 spiro atoms. The first-order valence-electron chi connectivity index (χ1n) is 3.44. The SMILES string of the molecule is CN(C)c1cnnc(S(N)(=O)=O)c1. The van der Waals surface area contributed by atoms with Gasteiger partial charge >= 0.3 is 0 Å². The number of primary sulfonamides is 1. The first-order valence-corrected chi connectivity index (χ1v) is 4.99. The van der Waals surface area contributed by atoms with E-state index in [1.165, 1.54) is 12.3 Å². The average Bonchev–Trinajstić information content (AvgIpc) is 2.03. The molecule has 0 fully saturated rings. The molecule has 0 aliphatic heterocycles. The smallest absolute Gasteiger partial charge is 0.257 e. The zero-order chi connectivity index (χ0) is 10.1. The lowest BCUT2D eigenvalue weighted by Crippen LogP contribution is -2.16. The van der Waals surface area contributed by atoms with Crippen LogP contribution in [0.1, 0.15) is 0 Å². The Labute approximate surface area is 76.4 Å². The molecule has 0 amide bonds. The fraction of sp³-hybridized carbons (Fsp3) is 0.333. The first kappa shape index (κ1) is 9.87. The summed E-state index contributed by atoms with van der Waals surface area (Å²) in [5, 5.41) is 11.6. The summed E-state index contributed by atoms with van der Waals surface area (Å²) in [6, 6.07) is 1.36. The summed E-state index contributed by atoms with van der Waals surface area (Å²) in [5.41, 5.74) is 0.638. The average molecular weight is 202 g/mol. The molecule has 0 bridgehead atoms. The molecule has 2 N–H and O–H groups in total. The lowest BCUT2D eigenvalue weighted by Gasteiger charge is -2.11. The van der Waals surface area contributed by atoms with Crippen molar-refractivity contribution in [3.8, 4) is 0 Å². The Morgan fingerprint density at radius 1 is 1.46 bits per heavy atom. The molecular formula is C6H10N4O2S. The maximum Gasteiger partial charge on any atom is 0.257 e. The van der Waals surface area contributed by atoms with Gasteiger partial charge < -0.3 is 4.90 Å². The van der Waals surface area contributed by atoms with Crippen LogP contribution in [0.2, 0.25) is 0 Å². The number of rotatable bonds is 2. The van der Waals surface area contributed by atoms with E-state index in [4.69, 9.17) is 5.14 Å². The van der Waals surface area contributed by atoms with Crippen LogP contribution >= 0.6 is 0 Å². The molecule has 1 heterocycles. The molecule has 72 valence electrons. The van der Waals surface area contributed by atoms with Gasteiger partial charge in [-0.1, -0.05) is 0 Å². The van der Waals surface area contributed by atoms with E-state index in [0.29, 0.717) is 5.69 Å². The number of hydrogen-bond acceptors (Lipinski definition) is 5. The van der Waals surface area contributed by atoms with Crippen molar-refractivity contribution >= 4 is 15.7 Å². The Bertz CT molecular complexity index is 401.